The molecule has 0 amide bonds. The molecule has 0 radical (unpaired) electrons. The third-order valence-corrected chi connectivity index (χ3v) is 3.27. The van der Waals surface area contributed by atoms with E-state index in [-0.39, 0.29) is 12.4 Å². The van der Waals surface area contributed by atoms with E-state index in [0.29, 0.717) is 11.3 Å². The first-order chi connectivity index (χ1) is 8.69. The van der Waals surface area contributed by atoms with Crippen molar-refractivity contribution in [3.63, 3.8) is 0 Å². The molecule has 2 nitrogen and oxygen atoms in total. The van der Waals surface area contributed by atoms with Crippen molar-refractivity contribution < 1.29 is 9.13 Å². The normalized spacial score (nSPS) is 10.3. The maximum atomic E-state index is 13.5. The van der Waals surface area contributed by atoms with Crippen molar-refractivity contribution in [2.75, 3.05) is 12.0 Å². The molecule has 0 aliphatic rings. The fraction of sp³-hybridized carbons (Fsp3) is 0.143. The van der Waals surface area contributed by atoms with E-state index in [1.54, 1.807) is 23.9 Å². The van der Waals surface area contributed by atoms with Gasteiger partial charge in [-0.25, -0.2) is 4.39 Å². The van der Waals surface area contributed by atoms with Crippen molar-refractivity contribution in [1.82, 2.24) is 0 Å². The molecule has 0 bridgehead atoms. The highest BCUT2D eigenvalue weighted by molar-refractivity contribution is 7.98. The summed E-state index contributed by atoms with van der Waals surface area (Å²) in [5, 5.41) is 0. The van der Waals surface area contributed by atoms with E-state index in [9.17, 15) is 4.39 Å². The third-order valence-electron chi connectivity index (χ3n) is 2.53. The standard InChI is InChI=1S/C14H14FNOS/c1-18-13-6-4-12(5-7-13)17-9-10-2-3-11(16)8-14(10)15/h2-8H,9,16H2,1H3. The van der Waals surface area contributed by atoms with Gasteiger partial charge in [0.15, 0.2) is 0 Å². The molecular formula is C14H14FNOS. The zero-order valence-corrected chi connectivity index (χ0v) is 10.8. The van der Waals surface area contributed by atoms with Crippen LogP contribution in [0.3, 0.4) is 0 Å². The number of nitrogens with two attached hydrogens (primary N) is 1. The van der Waals surface area contributed by atoms with Gasteiger partial charge < -0.3 is 10.5 Å². The molecule has 2 rings (SSSR count). The highest BCUT2D eigenvalue weighted by Crippen LogP contribution is 2.20. The SMILES string of the molecule is CSc1ccc(OCc2ccc(N)cc2F)cc1. The van der Waals surface area contributed by atoms with Gasteiger partial charge in [-0.1, -0.05) is 6.07 Å². The molecular weight excluding hydrogens is 249 g/mol. The summed E-state index contributed by atoms with van der Waals surface area (Å²) >= 11 is 1.67. The van der Waals surface area contributed by atoms with E-state index in [4.69, 9.17) is 10.5 Å². The molecule has 0 heterocycles. The summed E-state index contributed by atoms with van der Waals surface area (Å²) in [6.07, 6.45) is 2.01. The van der Waals surface area contributed by atoms with Crippen LogP contribution in [-0.4, -0.2) is 6.26 Å². The van der Waals surface area contributed by atoms with Gasteiger partial charge in [-0.05, 0) is 42.7 Å². The molecule has 2 N–H and O–H groups in total. The highest BCUT2D eigenvalue weighted by Gasteiger charge is 2.03. The molecule has 0 aliphatic carbocycles. The monoisotopic (exact) mass is 263 g/mol. The van der Waals surface area contributed by atoms with Gasteiger partial charge in [0.25, 0.3) is 0 Å². The van der Waals surface area contributed by atoms with Crippen molar-refractivity contribution in [2.24, 2.45) is 0 Å². The molecule has 0 aromatic heterocycles. The van der Waals surface area contributed by atoms with Crippen LogP contribution in [0.25, 0.3) is 0 Å². The molecule has 18 heavy (non-hydrogen) atoms. The lowest BCUT2D eigenvalue weighted by Gasteiger charge is -2.08. The summed E-state index contributed by atoms with van der Waals surface area (Å²) in [7, 11) is 0. The predicted molar refractivity (Wildman–Crippen MR) is 73.4 cm³/mol. The topological polar surface area (TPSA) is 35.2 Å². The molecule has 0 aliphatic heterocycles. The van der Waals surface area contributed by atoms with Gasteiger partial charge in [-0.15, -0.1) is 11.8 Å². The minimum Gasteiger partial charge on any atom is -0.489 e. The molecule has 0 atom stereocenters. The number of nitrogen functional groups attached to an aromatic ring is 1. The number of thioether (sulfide) groups is 1. The van der Waals surface area contributed by atoms with Gasteiger partial charge in [0.1, 0.15) is 18.2 Å². The maximum absolute atomic E-state index is 13.5. The van der Waals surface area contributed by atoms with Crippen molar-refractivity contribution >= 4 is 17.4 Å². The van der Waals surface area contributed by atoms with E-state index in [0.717, 1.165) is 5.75 Å². The van der Waals surface area contributed by atoms with Crippen LogP contribution in [0.5, 0.6) is 5.75 Å². The summed E-state index contributed by atoms with van der Waals surface area (Å²) in [5.41, 5.74) is 6.40. The van der Waals surface area contributed by atoms with Crippen LogP contribution >= 0.6 is 11.8 Å². The van der Waals surface area contributed by atoms with Gasteiger partial charge in [0.05, 0.1) is 0 Å². The summed E-state index contributed by atoms with van der Waals surface area (Å²) in [4.78, 5) is 1.17. The molecule has 4 heteroatoms. The minimum absolute atomic E-state index is 0.199. The zero-order valence-electron chi connectivity index (χ0n) is 10.0. The Morgan fingerprint density at radius 1 is 1.17 bits per heavy atom. The largest absolute Gasteiger partial charge is 0.489 e. The first-order valence-corrected chi connectivity index (χ1v) is 6.72. The Morgan fingerprint density at radius 3 is 2.50 bits per heavy atom. The van der Waals surface area contributed by atoms with Crippen molar-refractivity contribution in [3.8, 4) is 5.75 Å². The second kappa shape index (κ2) is 5.78. The van der Waals surface area contributed by atoms with Gasteiger partial charge in [0.2, 0.25) is 0 Å². The van der Waals surface area contributed by atoms with E-state index in [1.165, 1.54) is 11.0 Å². The Morgan fingerprint density at radius 2 is 1.89 bits per heavy atom. The summed E-state index contributed by atoms with van der Waals surface area (Å²) < 4.78 is 19.0. The van der Waals surface area contributed by atoms with Gasteiger partial charge >= 0.3 is 0 Å². The van der Waals surface area contributed by atoms with Crippen molar-refractivity contribution in [1.29, 1.82) is 0 Å². The average Bonchev–Trinajstić information content (AvgIpc) is 2.38. The number of benzene rings is 2. The van der Waals surface area contributed by atoms with Crippen molar-refractivity contribution in [2.45, 2.75) is 11.5 Å². The van der Waals surface area contributed by atoms with Gasteiger partial charge in [0, 0.05) is 16.1 Å². The van der Waals surface area contributed by atoms with E-state index < -0.39 is 0 Å². The number of hydrogen-bond donors (Lipinski definition) is 1. The Hall–Kier alpha value is -1.68. The maximum Gasteiger partial charge on any atom is 0.131 e. The molecule has 0 saturated carbocycles. The molecule has 0 fully saturated rings. The minimum atomic E-state index is -0.337. The lowest BCUT2D eigenvalue weighted by atomic mass is 10.2. The summed E-state index contributed by atoms with van der Waals surface area (Å²) in [5.74, 6) is 0.389. The lowest BCUT2D eigenvalue weighted by molar-refractivity contribution is 0.299. The molecule has 0 saturated heterocycles. The van der Waals surface area contributed by atoms with Gasteiger partial charge in [-0.2, -0.15) is 0 Å². The van der Waals surface area contributed by atoms with Crippen LogP contribution in [0.4, 0.5) is 10.1 Å². The zero-order chi connectivity index (χ0) is 13.0. The quantitative estimate of drug-likeness (QED) is 0.674. The van der Waals surface area contributed by atoms with Crippen LogP contribution in [0.1, 0.15) is 5.56 Å². The van der Waals surface area contributed by atoms with Crippen LogP contribution < -0.4 is 10.5 Å². The molecule has 0 spiro atoms. The summed E-state index contributed by atoms with van der Waals surface area (Å²) in [6, 6.07) is 12.3. The number of rotatable bonds is 4. The van der Waals surface area contributed by atoms with Crippen LogP contribution in [0, 0.1) is 5.82 Å². The van der Waals surface area contributed by atoms with Crippen LogP contribution in [0.2, 0.25) is 0 Å². The highest BCUT2D eigenvalue weighted by atomic mass is 32.2. The van der Waals surface area contributed by atoms with Crippen LogP contribution in [-0.2, 0) is 6.61 Å². The average molecular weight is 263 g/mol. The van der Waals surface area contributed by atoms with Crippen molar-refractivity contribution in [3.05, 3.63) is 53.8 Å². The second-order valence-electron chi connectivity index (χ2n) is 3.82. The second-order valence-corrected chi connectivity index (χ2v) is 4.69. The van der Waals surface area contributed by atoms with E-state index in [2.05, 4.69) is 0 Å². The Balaban J connectivity index is 2.02. The first-order valence-electron chi connectivity index (χ1n) is 5.50. The van der Waals surface area contributed by atoms with E-state index >= 15 is 0 Å². The molecule has 0 unspecified atom stereocenters. The third kappa shape index (κ3) is 3.17. The smallest absolute Gasteiger partial charge is 0.131 e. The van der Waals surface area contributed by atoms with Gasteiger partial charge in [-0.3, -0.25) is 0 Å². The first kappa shape index (κ1) is 12.8. The molecule has 2 aromatic carbocycles. The fourth-order valence-corrected chi connectivity index (χ4v) is 1.92. The number of halogens is 1. The Labute approximate surface area is 110 Å². The van der Waals surface area contributed by atoms with Crippen LogP contribution in [0.15, 0.2) is 47.4 Å². The molecule has 94 valence electrons. The Bertz CT molecular complexity index is 528. The number of ether oxygens (including phenoxy) is 1. The summed E-state index contributed by atoms with van der Waals surface area (Å²) in [6.45, 7) is 0.199. The van der Waals surface area contributed by atoms with E-state index in [1.807, 2.05) is 30.5 Å². The fourth-order valence-electron chi connectivity index (χ4n) is 1.51. The lowest BCUT2D eigenvalue weighted by Crippen LogP contribution is -1.99. The molecule has 2 aromatic rings. The Kier molecular flexibility index (Phi) is 4.10. The number of hydrogen-bond acceptors (Lipinski definition) is 3. The number of anilines is 1. The predicted octanol–water partition coefficient (Wildman–Crippen LogP) is 3.71.